The molecule has 30 heavy (non-hydrogen) atoms. The lowest BCUT2D eigenvalue weighted by Crippen LogP contribution is -2.48. The van der Waals surface area contributed by atoms with E-state index in [0.717, 1.165) is 18.4 Å². The Balaban J connectivity index is 1.88. The highest BCUT2D eigenvalue weighted by Gasteiger charge is 2.41. The number of amides is 2. The van der Waals surface area contributed by atoms with E-state index in [-0.39, 0.29) is 24.2 Å². The summed E-state index contributed by atoms with van der Waals surface area (Å²) in [4.78, 5) is 27.8. The Morgan fingerprint density at radius 3 is 2.67 bits per heavy atom. The zero-order valence-electron chi connectivity index (χ0n) is 17.6. The van der Waals surface area contributed by atoms with Crippen LogP contribution in [-0.2, 0) is 16.1 Å². The van der Waals surface area contributed by atoms with Gasteiger partial charge in [-0.15, -0.1) is 0 Å². The molecular weight excluding hydrogens is 383 g/mol. The molecule has 1 heterocycles. The normalized spacial score (nSPS) is 18.9. The second-order valence-electron chi connectivity index (χ2n) is 7.58. The van der Waals surface area contributed by atoms with Crippen molar-refractivity contribution in [3.05, 3.63) is 65.5 Å². The fraction of sp³-hybridized carbons (Fsp3) is 0.417. The SMILES string of the molecule is CCCCN1C(=O)CC[C@H](C(=O)NCc2ccccc2F)[C@@H]1c1ccccc1OC. The lowest BCUT2D eigenvalue weighted by atomic mass is 9.83. The summed E-state index contributed by atoms with van der Waals surface area (Å²) in [5.74, 6) is -0.239. The molecule has 0 radical (unpaired) electrons. The summed E-state index contributed by atoms with van der Waals surface area (Å²) in [5.41, 5.74) is 1.27. The molecule has 6 heteroatoms. The Morgan fingerprint density at radius 1 is 1.20 bits per heavy atom. The van der Waals surface area contributed by atoms with Gasteiger partial charge in [0.25, 0.3) is 0 Å². The number of likely N-dealkylation sites (tertiary alicyclic amines) is 1. The van der Waals surface area contributed by atoms with Gasteiger partial charge in [-0.1, -0.05) is 49.7 Å². The molecule has 2 atom stereocenters. The second-order valence-corrected chi connectivity index (χ2v) is 7.58. The van der Waals surface area contributed by atoms with Crippen LogP contribution in [-0.4, -0.2) is 30.4 Å². The number of hydrogen-bond acceptors (Lipinski definition) is 3. The number of unbranched alkanes of at least 4 members (excludes halogenated alkanes) is 1. The van der Waals surface area contributed by atoms with Crippen LogP contribution in [0.1, 0.15) is 49.8 Å². The van der Waals surface area contributed by atoms with Crippen LogP contribution in [0.2, 0.25) is 0 Å². The lowest BCUT2D eigenvalue weighted by molar-refractivity contribution is -0.143. The van der Waals surface area contributed by atoms with Gasteiger partial charge in [-0.05, 0) is 25.0 Å². The molecule has 1 N–H and O–H groups in total. The maximum atomic E-state index is 14.0. The molecule has 2 aromatic rings. The van der Waals surface area contributed by atoms with Crippen molar-refractivity contribution in [2.45, 2.75) is 45.2 Å². The van der Waals surface area contributed by atoms with E-state index in [0.29, 0.717) is 30.7 Å². The number of carbonyl (C=O) groups excluding carboxylic acids is 2. The predicted molar refractivity (Wildman–Crippen MR) is 113 cm³/mol. The highest BCUT2D eigenvalue weighted by atomic mass is 19.1. The van der Waals surface area contributed by atoms with Crippen molar-refractivity contribution in [2.24, 2.45) is 5.92 Å². The van der Waals surface area contributed by atoms with E-state index >= 15 is 0 Å². The number of benzene rings is 2. The molecule has 1 aliphatic heterocycles. The van der Waals surface area contributed by atoms with Gasteiger partial charge in [0.1, 0.15) is 11.6 Å². The third-order valence-electron chi connectivity index (χ3n) is 5.66. The van der Waals surface area contributed by atoms with Gasteiger partial charge in [0.05, 0.1) is 19.1 Å². The Bertz CT molecular complexity index is 886. The number of piperidine rings is 1. The van der Waals surface area contributed by atoms with Crippen molar-refractivity contribution in [3.63, 3.8) is 0 Å². The molecule has 2 aromatic carbocycles. The fourth-order valence-corrected chi connectivity index (χ4v) is 4.07. The van der Waals surface area contributed by atoms with Crippen molar-refractivity contribution in [2.75, 3.05) is 13.7 Å². The molecule has 0 unspecified atom stereocenters. The van der Waals surface area contributed by atoms with Crippen LogP contribution in [0, 0.1) is 11.7 Å². The minimum absolute atomic E-state index is 0.0532. The van der Waals surface area contributed by atoms with Crippen LogP contribution in [0.5, 0.6) is 5.75 Å². The molecule has 5 nitrogen and oxygen atoms in total. The zero-order valence-corrected chi connectivity index (χ0v) is 17.6. The average Bonchev–Trinajstić information content (AvgIpc) is 2.77. The van der Waals surface area contributed by atoms with Crippen LogP contribution in [0.3, 0.4) is 0 Å². The largest absolute Gasteiger partial charge is 0.496 e. The Kier molecular flexibility index (Phi) is 7.44. The Hall–Kier alpha value is -2.89. The summed E-state index contributed by atoms with van der Waals surface area (Å²) in [5, 5.41) is 2.88. The number of carbonyl (C=O) groups is 2. The molecule has 1 saturated heterocycles. The lowest BCUT2D eigenvalue weighted by Gasteiger charge is -2.41. The first-order valence-corrected chi connectivity index (χ1v) is 10.5. The summed E-state index contributed by atoms with van der Waals surface area (Å²) in [6.07, 6.45) is 2.59. The van der Waals surface area contributed by atoms with Gasteiger partial charge in [-0.2, -0.15) is 0 Å². The van der Waals surface area contributed by atoms with Crippen molar-refractivity contribution in [1.82, 2.24) is 10.2 Å². The minimum atomic E-state index is -0.428. The number of methoxy groups -OCH3 is 1. The topological polar surface area (TPSA) is 58.6 Å². The van der Waals surface area contributed by atoms with Crippen LogP contribution < -0.4 is 10.1 Å². The van der Waals surface area contributed by atoms with Crippen molar-refractivity contribution in [1.29, 1.82) is 0 Å². The molecule has 3 rings (SSSR count). The van der Waals surface area contributed by atoms with E-state index in [1.54, 1.807) is 25.3 Å². The number of halogens is 1. The van der Waals surface area contributed by atoms with Crippen LogP contribution >= 0.6 is 0 Å². The summed E-state index contributed by atoms with van der Waals surface area (Å²) < 4.78 is 19.5. The average molecular weight is 413 g/mol. The van der Waals surface area contributed by atoms with E-state index in [1.807, 2.05) is 29.2 Å². The highest BCUT2D eigenvalue weighted by molar-refractivity contribution is 5.85. The van der Waals surface area contributed by atoms with Crippen LogP contribution in [0.25, 0.3) is 0 Å². The molecule has 0 saturated carbocycles. The monoisotopic (exact) mass is 412 g/mol. The first kappa shape index (κ1) is 21.8. The van der Waals surface area contributed by atoms with Gasteiger partial charge in [0.2, 0.25) is 11.8 Å². The number of nitrogens with one attached hydrogen (secondary N) is 1. The number of para-hydroxylation sites is 1. The number of rotatable bonds is 8. The predicted octanol–water partition coefficient (Wildman–Crippen LogP) is 4.23. The van der Waals surface area contributed by atoms with Crippen LogP contribution in [0.4, 0.5) is 4.39 Å². The number of nitrogens with zero attached hydrogens (tertiary/aromatic N) is 1. The Morgan fingerprint density at radius 2 is 1.93 bits per heavy atom. The standard InChI is InChI=1S/C24H29FN2O3/c1-3-4-15-27-22(28)14-13-19(23(27)18-10-6-8-12-21(18)30-2)24(29)26-16-17-9-5-7-11-20(17)25/h5-12,19,23H,3-4,13-16H2,1-2H3,(H,26,29)/t19-,23-/m0/s1. The Labute approximate surface area is 177 Å². The van der Waals surface area contributed by atoms with Gasteiger partial charge in [0.15, 0.2) is 0 Å². The summed E-state index contributed by atoms with van der Waals surface area (Å²) >= 11 is 0. The maximum absolute atomic E-state index is 14.0. The summed E-state index contributed by atoms with van der Waals surface area (Å²) in [7, 11) is 1.59. The molecule has 2 amide bonds. The highest BCUT2D eigenvalue weighted by Crippen LogP contribution is 2.40. The van der Waals surface area contributed by atoms with Gasteiger partial charge in [0, 0.05) is 30.6 Å². The first-order chi connectivity index (χ1) is 14.6. The van der Waals surface area contributed by atoms with Crippen molar-refractivity contribution in [3.8, 4) is 5.75 Å². The fourth-order valence-electron chi connectivity index (χ4n) is 4.07. The van der Waals surface area contributed by atoms with E-state index in [2.05, 4.69) is 12.2 Å². The van der Waals surface area contributed by atoms with Crippen molar-refractivity contribution >= 4 is 11.8 Å². The molecule has 0 bridgehead atoms. The summed E-state index contributed by atoms with van der Waals surface area (Å²) in [6.45, 7) is 2.78. The smallest absolute Gasteiger partial charge is 0.225 e. The maximum Gasteiger partial charge on any atom is 0.225 e. The van der Waals surface area contributed by atoms with Crippen LogP contribution in [0.15, 0.2) is 48.5 Å². The molecule has 0 aliphatic carbocycles. The van der Waals surface area contributed by atoms with Gasteiger partial charge in [-0.3, -0.25) is 9.59 Å². The third kappa shape index (κ3) is 4.81. The van der Waals surface area contributed by atoms with E-state index in [4.69, 9.17) is 4.74 Å². The first-order valence-electron chi connectivity index (χ1n) is 10.5. The van der Waals surface area contributed by atoms with Gasteiger partial charge in [-0.25, -0.2) is 4.39 Å². The van der Waals surface area contributed by atoms with E-state index < -0.39 is 12.0 Å². The molecule has 1 fully saturated rings. The molecule has 0 spiro atoms. The quantitative estimate of drug-likeness (QED) is 0.706. The second kappa shape index (κ2) is 10.2. The van der Waals surface area contributed by atoms with Gasteiger partial charge < -0.3 is 15.0 Å². The number of ether oxygens (including phenoxy) is 1. The molecule has 0 aromatic heterocycles. The minimum Gasteiger partial charge on any atom is -0.496 e. The third-order valence-corrected chi connectivity index (χ3v) is 5.66. The molecular formula is C24H29FN2O3. The number of hydrogen-bond donors (Lipinski definition) is 1. The molecule has 160 valence electrons. The van der Waals surface area contributed by atoms with E-state index in [1.165, 1.54) is 6.07 Å². The van der Waals surface area contributed by atoms with Crippen molar-refractivity contribution < 1.29 is 18.7 Å². The van der Waals surface area contributed by atoms with Gasteiger partial charge >= 0.3 is 0 Å². The van der Waals surface area contributed by atoms with E-state index in [9.17, 15) is 14.0 Å². The molecule has 1 aliphatic rings. The zero-order chi connectivity index (χ0) is 21.5. The summed E-state index contributed by atoms with van der Waals surface area (Å²) in [6, 6.07) is 13.5.